The Kier molecular flexibility index (Phi) is 9.08. The summed E-state index contributed by atoms with van der Waals surface area (Å²) in [4.78, 5) is 12.4. The van der Waals surface area contributed by atoms with Crippen molar-refractivity contribution < 1.29 is 23.7 Å². The number of carbonyl (C=O) groups excluding carboxylic acids is 1. The van der Waals surface area contributed by atoms with Gasteiger partial charge in [-0.25, -0.2) is 0 Å². The molecule has 0 saturated carbocycles. The van der Waals surface area contributed by atoms with E-state index in [4.69, 9.17) is 31.2 Å². The molecule has 31 heavy (non-hydrogen) atoms. The molecule has 1 aliphatic rings. The minimum absolute atomic E-state index is 0.177. The Morgan fingerprint density at radius 3 is 2.45 bits per heavy atom. The fraction of sp³-hybridized carbons (Fsp3) is 0.391. The van der Waals surface area contributed by atoms with Crippen molar-refractivity contribution in [3.63, 3.8) is 0 Å². The molecule has 3 rings (SSSR count). The molecule has 2 aromatic carbocycles. The van der Waals surface area contributed by atoms with E-state index >= 15 is 0 Å². The van der Waals surface area contributed by atoms with Crippen LogP contribution in [-0.2, 0) is 9.47 Å². The van der Waals surface area contributed by atoms with Crippen molar-refractivity contribution in [2.75, 3.05) is 38.4 Å². The van der Waals surface area contributed by atoms with Gasteiger partial charge in [0.2, 0.25) is 0 Å². The lowest BCUT2D eigenvalue weighted by Crippen LogP contribution is -2.34. The fourth-order valence-corrected chi connectivity index (χ4v) is 3.21. The maximum Gasteiger partial charge on any atom is 0.257 e. The molecule has 166 valence electrons. The van der Waals surface area contributed by atoms with E-state index in [1.807, 2.05) is 31.2 Å². The highest BCUT2D eigenvalue weighted by Gasteiger charge is 2.16. The van der Waals surface area contributed by atoms with Gasteiger partial charge in [0.1, 0.15) is 24.7 Å². The summed E-state index contributed by atoms with van der Waals surface area (Å²) >= 11 is 5.25. The number of hydrogen-bond donors (Lipinski definition) is 2. The zero-order valence-corrected chi connectivity index (χ0v) is 18.4. The van der Waals surface area contributed by atoms with Gasteiger partial charge in [0.15, 0.2) is 5.11 Å². The molecule has 0 spiro atoms. The number of benzene rings is 2. The lowest BCUT2D eigenvalue weighted by atomic mass is 10.2. The second kappa shape index (κ2) is 12.2. The molecule has 0 bridgehead atoms. The third-order valence-electron chi connectivity index (χ3n) is 4.62. The number of ether oxygens (including phenoxy) is 4. The van der Waals surface area contributed by atoms with Crippen LogP contribution in [0.15, 0.2) is 48.5 Å². The molecule has 7 nitrogen and oxygen atoms in total. The Hall–Kier alpha value is -2.68. The quantitative estimate of drug-likeness (QED) is 0.426. The highest BCUT2D eigenvalue weighted by atomic mass is 32.1. The Labute approximate surface area is 188 Å². The summed E-state index contributed by atoms with van der Waals surface area (Å²) in [7, 11) is 0. The molecular formula is C23H28N2O5S. The lowest BCUT2D eigenvalue weighted by Gasteiger charge is -2.13. The molecule has 1 heterocycles. The number of anilines is 1. The van der Waals surface area contributed by atoms with Crippen molar-refractivity contribution in [1.29, 1.82) is 0 Å². The highest BCUT2D eigenvalue weighted by Crippen LogP contribution is 2.18. The van der Waals surface area contributed by atoms with Crippen molar-refractivity contribution >= 4 is 28.9 Å². The van der Waals surface area contributed by atoms with Gasteiger partial charge in [-0.15, -0.1) is 0 Å². The number of nitrogens with one attached hydrogen (secondary N) is 2. The van der Waals surface area contributed by atoms with E-state index < -0.39 is 0 Å². The van der Waals surface area contributed by atoms with Gasteiger partial charge in [0, 0.05) is 24.5 Å². The summed E-state index contributed by atoms with van der Waals surface area (Å²) in [6.45, 7) is 4.95. The summed E-state index contributed by atoms with van der Waals surface area (Å²) in [5, 5.41) is 5.89. The maximum absolute atomic E-state index is 12.4. The molecule has 1 saturated heterocycles. The van der Waals surface area contributed by atoms with E-state index in [-0.39, 0.29) is 17.1 Å². The van der Waals surface area contributed by atoms with Crippen LogP contribution in [0, 0.1) is 0 Å². The summed E-state index contributed by atoms with van der Waals surface area (Å²) in [6.07, 6.45) is 2.31. The Balaban J connectivity index is 1.41. The summed E-state index contributed by atoms with van der Waals surface area (Å²) in [6, 6.07) is 14.3. The number of rotatable bonds is 10. The summed E-state index contributed by atoms with van der Waals surface area (Å²) in [5.74, 6) is 1.15. The van der Waals surface area contributed by atoms with Gasteiger partial charge in [-0.3, -0.25) is 10.1 Å². The third-order valence-corrected chi connectivity index (χ3v) is 4.82. The molecule has 1 atom stereocenters. The summed E-state index contributed by atoms with van der Waals surface area (Å²) < 4.78 is 22.1. The van der Waals surface area contributed by atoms with Crippen LogP contribution in [0.2, 0.25) is 0 Å². The van der Waals surface area contributed by atoms with Gasteiger partial charge in [-0.2, -0.15) is 0 Å². The molecule has 1 fully saturated rings. The van der Waals surface area contributed by atoms with Crippen molar-refractivity contribution in [3.05, 3.63) is 54.1 Å². The first-order chi connectivity index (χ1) is 15.1. The molecule has 2 N–H and O–H groups in total. The normalized spacial score (nSPS) is 15.3. The second-order valence-electron chi connectivity index (χ2n) is 6.95. The van der Waals surface area contributed by atoms with Crippen molar-refractivity contribution in [2.24, 2.45) is 0 Å². The van der Waals surface area contributed by atoms with Gasteiger partial charge in [-0.1, -0.05) is 0 Å². The predicted molar refractivity (Wildman–Crippen MR) is 123 cm³/mol. The zero-order chi connectivity index (χ0) is 21.9. The van der Waals surface area contributed by atoms with Gasteiger partial charge < -0.3 is 24.3 Å². The fourth-order valence-electron chi connectivity index (χ4n) is 3.00. The van der Waals surface area contributed by atoms with E-state index in [0.717, 1.165) is 30.9 Å². The number of amides is 1. The van der Waals surface area contributed by atoms with Gasteiger partial charge in [0.05, 0.1) is 12.7 Å². The third kappa shape index (κ3) is 7.82. The van der Waals surface area contributed by atoms with Crippen molar-refractivity contribution in [3.8, 4) is 11.5 Å². The SMILES string of the molecule is CCOCCOc1ccc(C(=O)NC(=S)Nc2ccc(OCC3CCCO3)cc2)cc1. The van der Waals surface area contributed by atoms with Crippen molar-refractivity contribution in [1.82, 2.24) is 5.32 Å². The molecule has 2 aromatic rings. The molecule has 0 radical (unpaired) electrons. The predicted octanol–water partition coefficient (Wildman–Crippen LogP) is 3.79. The zero-order valence-electron chi connectivity index (χ0n) is 17.6. The summed E-state index contributed by atoms with van der Waals surface area (Å²) in [5.41, 5.74) is 1.24. The van der Waals surface area contributed by atoms with Gasteiger partial charge in [0.25, 0.3) is 5.91 Å². The Morgan fingerprint density at radius 1 is 1.06 bits per heavy atom. The number of hydrogen-bond acceptors (Lipinski definition) is 6. The Morgan fingerprint density at radius 2 is 1.77 bits per heavy atom. The average molecular weight is 445 g/mol. The Bertz CT molecular complexity index is 836. The van der Waals surface area contributed by atoms with Crippen LogP contribution in [0.1, 0.15) is 30.1 Å². The standard InChI is InChI=1S/C23H28N2O5S/c1-2-27-14-15-29-19-9-5-17(6-10-19)22(26)25-23(31)24-18-7-11-20(12-8-18)30-16-21-4-3-13-28-21/h5-12,21H,2-4,13-16H2,1H3,(H2,24,25,26,31). The lowest BCUT2D eigenvalue weighted by molar-refractivity contribution is 0.0679. The second-order valence-corrected chi connectivity index (χ2v) is 7.36. The van der Waals surface area contributed by atoms with Crippen LogP contribution in [0.5, 0.6) is 11.5 Å². The van der Waals surface area contributed by atoms with E-state index in [2.05, 4.69) is 10.6 Å². The average Bonchev–Trinajstić information content (AvgIpc) is 3.30. The minimum atomic E-state index is -0.296. The van der Waals surface area contributed by atoms with Crippen LogP contribution >= 0.6 is 12.2 Å². The first-order valence-corrected chi connectivity index (χ1v) is 10.8. The number of carbonyl (C=O) groups is 1. The highest BCUT2D eigenvalue weighted by molar-refractivity contribution is 7.80. The topological polar surface area (TPSA) is 78.1 Å². The first kappa shape index (κ1) is 23.0. The van der Waals surface area contributed by atoms with Gasteiger partial charge in [-0.05, 0) is 80.5 Å². The molecule has 1 amide bonds. The van der Waals surface area contributed by atoms with Crippen LogP contribution in [0.3, 0.4) is 0 Å². The molecule has 1 unspecified atom stereocenters. The van der Waals surface area contributed by atoms with Crippen molar-refractivity contribution in [2.45, 2.75) is 25.9 Å². The molecule has 1 aliphatic heterocycles. The molecule has 0 aliphatic carbocycles. The van der Waals surface area contributed by atoms with Crippen LogP contribution < -0.4 is 20.1 Å². The van der Waals surface area contributed by atoms with Crippen LogP contribution in [0.4, 0.5) is 5.69 Å². The molecule has 0 aromatic heterocycles. The smallest absolute Gasteiger partial charge is 0.257 e. The maximum atomic E-state index is 12.4. The molecule has 8 heteroatoms. The van der Waals surface area contributed by atoms with E-state index in [0.29, 0.717) is 37.7 Å². The molecular weight excluding hydrogens is 416 g/mol. The number of thiocarbonyl (C=S) groups is 1. The van der Waals surface area contributed by atoms with E-state index in [9.17, 15) is 4.79 Å². The van der Waals surface area contributed by atoms with E-state index in [1.54, 1.807) is 24.3 Å². The van der Waals surface area contributed by atoms with Crippen LogP contribution in [-0.4, -0.2) is 50.2 Å². The van der Waals surface area contributed by atoms with Gasteiger partial charge >= 0.3 is 0 Å². The monoisotopic (exact) mass is 444 g/mol. The first-order valence-electron chi connectivity index (χ1n) is 10.4. The minimum Gasteiger partial charge on any atom is -0.491 e. The van der Waals surface area contributed by atoms with Crippen LogP contribution in [0.25, 0.3) is 0 Å². The largest absolute Gasteiger partial charge is 0.491 e. The van der Waals surface area contributed by atoms with E-state index in [1.165, 1.54) is 0 Å².